The van der Waals surface area contributed by atoms with Crippen molar-refractivity contribution in [1.29, 1.82) is 0 Å². The van der Waals surface area contributed by atoms with Crippen LogP contribution in [0.2, 0.25) is 0 Å². The zero-order valence-electron chi connectivity index (χ0n) is 12.6. The second kappa shape index (κ2) is 15.9. The van der Waals surface area contributed by atoms with Gasteiger partial charge >= 0.3 is 0 Å². The van der Waals surface area contributed by atoms with E-state index >= 15 is 0 Å². The average molecular weight is 266 g/mol. The van der Waals surface area contributed by atoms with E-state index in [1.807, 2.05) is 27.7 Å². The van der Waals surface area contributed by atoms with E-state index in [-0.39, 0.29) is 25.1 Å². The lowest BCUT2D eigenvalue weighted by Gasteiger charge is -2.03. The molecule has 0 spiro atoms. The van der Waals surface area contributed by atoms with Crippen LogP contribution in [0.5, 0.6) is 0 Å². The Morgan fingerprint density at radius 2 is 1.00 bits per heavy atom. The smallest absolute Gasteiger partial charge is 0.0414 e. The van der Waals surface area contributed by atoms with Crippen LogP contribution in [0.4, 0.5) is 0 Å². The molecule has 0 saturated heterocycles. The minimum absolute atomic E-state index is 0. The fourth-order valence-electron chi connectivity index (χ4n) is 0.813. The maximum Gasteiger partial charge on any atom is 0.0414 e. The molecule has 0 aromatic rings. The molecule has 0 aliphatic heterocycles. The molecule has 0 radical (unpaired) electrons. The molecule has 0 heterocycles. The van der Waals surface area contributed by atoms with Crippen LogP contribution in [0.15, 0.2) is 0 Å². The highest BCUT2D eigenvalue weighted by atomic mass is 16.4. The van der Waals surface area contributed by atoms with Crippen molar-refractivity contribution in [3.8, 4) is 0 Å². The summed E-state index contributed by atoms with van der Waals surface area (Å²) < 4.78 is 0. The van der Waals surface area contributed by atoms with Crippen molar-refractivity contribution in [2.75, 3.05) is 0 Å². The van der Waals surface area contributed by atoms with Gasteiger partial charge in [-0.2, -0.15) is 0 Å². The SMILES string of the molecule is CC(C)CCC(=O)[O-].CC(C)CCC(=O)[O-].[NH4+].[NH4+]. The number of carbonyl (C=O) groups excluding carboxylic acids is 2. The van der Waals surface area contributed by atoms with Crippen LogP contribution in [0, 0.1) is 11.8 Å². The molecule has 0 bridgehead atoms. The van der Waals surface area contributed by atoms with E-state index in [1.54, 1.807) is 0 Å². The van der Waals surface area contributed by atoms with E-state index in [1.165, 1.54) is 0 Å². The van der Waals surface area contributed by atoms with Crippen molar-refractivity contribution in [1.82, 2.24) is 12.3 Å². The van der Waals surface area contributed by atoms with Gasteiger partial charge in [-0.05, 0) is 37.5 Å². The van der Waals surface area contributed by atoms with Crippen molar-refractivity contribution in [2.24, 2.45) is 11.8 Å². The van der Waals surface area contributed by atoms with Crippen LogP contribution >= 0.6 is 0 Å². The lowest BCUT2D eigenvalue weighted by atomic mass is 10.1. The summed E-state index contributed by atoms with van der Waals surface area (Å²) in [5.41, 5.74) is 0. The second-order valence-electron chi connectivity index (χ2n) is 4.61. The number of quaternary nitrogens is 2. The highest BCUT2D eigenvalue weighted by molar-refractivity contribution is 5.64. The fourth-order valence-corrected chi connectivity index (χ4v) is 0.813. The van der Waals surface area contributed by atoms with Crippen LogP contribution in [0.25, 0.3) is 0 Å². The summed E-state index contributed by atoms with van der Waals surface area (Å²) in [6, 6.07) is 0. The lowest BCUT2D eigenvalue weighted by Crippen LogP contribution is -2.22. The third-order valence-corrected chi connectivity index (χ3v) is 1.85. The Bertz CT molecular complexity index is 184. The Morgan fingerprint density at radius 1 is 0.778 bits per heavy atom. The molecule has 18 heavy (non-hydrogen) atoms. The summed E-state index contributed by atoms with van der Waals surface area (Å²) in [4.78, 5) is 19.6. The van der Waals surface area contributed by atoms with E-state index in [9.17, 15) is 19.8 Å². The quantitative estimate of drug-likeness (QED) is 0.738. The zero-order valence-corrected chi connectivity index (χ0v) is 12.6. The van der Waals surface area contributed by atoms with Gasteiger partial charge in [-0.25, -0.2) is 0 Å². The number of rotatable bonds is 6. The predicted molar refractivity (Wildman–Crippen MR) is 70.1 cm³/mol. The van der Waals surface area contributed by atoms with Gasteiger partial charge in [0.1, 0.15) is 0 Å². The molecule has 0 aromatic heterocycles. The lowest BCUT2D eigenvalue weighted by molar-refractivity contribution is -0.307. The predicted octanol–water partition coefficient (Wildman–Crippen LogP) is 1.10. The molecule has 0 aliphatic carbocycles. The van der Waals surface area contributed by atoms with Crippen molar-refractivity contribution >= 4 is 11.9 Å². The first-order chi connectivity index (χ1) is 7.25. The number of hydrogen-bond acceptors (Lipinski definition) is 4. The van der Waals surface area contributed by atoms with E-state index < -0.39 is 11.9 Å². The van der Waals surface area contributed by atoms with E-state index in [0.29, 0.717) is 11.8 Å². The standard InChI is InChI=1S/2C6H12O2.2H3N/c2*1-5(2)3-4-6(7)8;;/h2*5H,3-4H2,1-2H3,(H,7,8);2*1H3. The van der Waals surface area contributed by atoms with E-state index in [0.717, 1.165) is 12.8 Å². The number of carbonyl (C=O) groups is 2. The number of carboxylic acids is 2. The van der Waals surface area contributed by atoms with Gasteiger partial charge in [0, 0.05) is 11.9 Å². The van der Waals surface area contributed by atoms with Gasteiger partial charge in [0.25, 0.3) is 0 Å². The first-order valence-electron chi connectivity index (χ1n) is 5.65. The molecule has 0 fully saturated rings. The summed E-state index contributed by atoms with van der Waals surface area (Å²) in [6.07, 6.45) is 1.83. The Balaban J connectivity index is -0.0000000980. The molecule has 112 valence electrons. The molecule has 0 unspecified atom stereocenters. The zero-order chi connectivity index (χ0) is 13.1. The largest absolute Gasteiger partial charge is 0.550 e. The average Bonchev–Trinajstić information content (AvgIpc) is 2.12. The summed E-state index contributed by atoms with van der Waals surface area (Å²) in [7, 11) is 0. The molecule has 0 rings (SSSR count). The highest BCUT2D eigenvalue weighted by Crippen LogP contribution is 2.01. The molecule has 6 heteroatoms. The molecule has 0 aromatic carbocycles. The minimum atomic E-state index is -0.946. The van der Waals surface area contributed by atoms with Crippen molar-refractivity contribution < 1.29 is 19.8 Å². The van der Waals surface area contributed by atoms with Crippen molar-refractivity contribution in [3.05, 3.63) is 0 Å². The topological polar surface area (TPSA) is 153 Å². The van der Waals surface area contributed by atoms with Gasteiger partial charge in [0.15, 0.2) is 0 Å². The maximum atomic E-state index is 9.79. The molecular formula is C12H30N2O4. The normalized spacial score (nSPS) is 8.78. The van der Waals surface area contributed by atoms with Crippen LogP contribution in [0.3, 0.4) is 0 Å². The van der Waals surface area contributed by atoms with E-state index in [4.69, 9.17) is 0 Å². The van der Waals surface area contributed by atoms with Gasteiger partial charge in [-0.15, -0.1) is 0 Å². The van der Waals surface area contributed by atoms with Crippen molar-refractivity contribution in [3.63, 3.8) is 0 Å². The van der Waals surface area contributed by atoms with Gasteiger partial charge in [0.2, 0.25) is 0 Å². The number of aliphatic carboxylic acids is 2. The Labute approximate surface area is 110 Å². The first kappa shape index (κ1) is 25.6. The van der Waals surface area contributed by atoms with Crippen LogP contribution < -0.4 is 22.5 Å². The summed E-state index contributed by atoms with van der Waals surface area (Å²) in [6.45, 7) is 7.96. The van der Waals surface area contributed by atoms with Gasteiger partial charge < -0.3 is 32.1 Å². The summed E-state index contributed by atoms with van der Waals surface area (Å²) in [5, 5.41) is 19.6. The maximum absolute atomic E-state index is 9.79. The van der Waals surface area contributed by atoms with E-state index in [2.05, 4.69) is 0 Å². The number of hydrogen-bond donors (Lipinski definition) is 2. The molecule has 0 amide bonds. The Kier molecular flexibility index (Phi) is 22.6. The molecule has 0 atom stereocenters. The highest BCUT2D eigenvalue weighted by Gasteiger charge is 1.92. The Hall–Kier alpha value is -1.14. The van der Waals surface area contributed by atoms with Crippen LogP contribution in [0.1, 0.15) is 53.4 Å². The molecule has 8 N–H and O–H groups in total. The second-order valence-corrected chi connectivity index (χ2v) is 4.61. The van der Waals surface area contributed by atoms with Gasteiger partial charge in [-0.1, -0.05) is 27.7 Å². The minimum Gasteiger partial charge on any atom is -0.550 e. The van der Waals surface area contributed by atoms with Gasteiger partial charge in [0.05, 0.1) is 0 Å². The Morgan fingerprint density at radius 3 is 1.06 bits per heavy atom. The third-order valence-electron chi connectivity index (χ3n) is 1.85. The molecule has 0 saturated carbocycles. The third kappa shape index (κ3) is 36.4. The van der Waals surface area contributed by atoms with Crippen molar-refractivity contribution in [2.45, 2.75) is 53.4 Å². The monoisotopic (exact) mass is 266 g/mol. The molecule has 6 nitrogen and oxygen atoms in total. The van der Waals surface area contributed by atoms with Crippen LogP contribution in [-0.4, -0.2) is 11.9 Å². The fraction of sp³-hybridized carbons (Fsp3) is 0.833. The van der Waals surface area contributed by atoms with Crippen LogP contribution in [-0.2, 0) is 9.59 Å². The molecular weight excluding hydrogens is 236 g/mol. The summed E-state index contributed by atoms with van der Waals surface area (Å²) >= 11 is 0. The number of carboxylic acid groups (broad SMARTS) is 2. The van der Waals surface area contributed by atoms with Gasteiger partial charge in [-0.3, -0.25) is 0 Å². The summed E-state index contributed by atoms with van der Waals surface area (Å²) in [5.74, 6) is -0.960. The molecule has 0 aliphatic rings. The first-order valence-corrected chi connectivity index (χ1v) is 5.65.